The van der Waals surface area contributed by atoms with E-state index in [1.807, 2.05) is 19.1 Å². The highest BCUT2D eigenvalue weighted by Gasteiger charge is 2.12. The number of nitrogens with zero attached hydrogens (tertiary/aromatic N) is 1. The first-order valence-corrected chi connectivity index (χ1v) is 6.45. The Morgan fingerprint density at radius 3 is 2.86 bits per heavy atom. The quantitative estimate of drug-likeness (QED) is 0.684. The third-order valence-electron chi connectivity index (χ3n) is 2.93. The van der Waals surface area contributed by atoms with Crippen LogP contribution in [0, 0.1) is 6.92 Å². The highest BCUT2D eigenvalue weighted by molar-refractivity contribution is 5.89. The van der Waals surface area contributed by atoms with Crippen molar-refractivity contribution < 1.29 is 18.5 Å². The summed E-state index contributed by atoms with van der Waals surface area (Å²) in [6.07, 6.45) is 1.55. The molecular formula is C16H13NO4. The Kier molecular flexibility index (Phi) is 3.55. The molecule has 0 aliphatic heterocycles. The number of rotatable bonds is 4. The highest BCUT2D eigenvalue weighted by Crippen LogP contribution is 2.21. The Hall–Kier alpha value is -2.82. The molecule has 0 radical (unpaired) electrons. The maximum atomic E-state index is 11.9. The van der Waals surface area contributed by atoms with Crippen LogP contribution in [-0.2, 0) is 11.3 Å². The van der Waals surface area contributed by atoms with Gasteiger partial charge in [0.1, 0.15) is 12.3 Å². The molecule has 5 heteroatoms. The van der Waals surface area contributed by atoms with Gasteiger partial charge in [0.2, 0.25) is 5.76 Å². The Bertz CT molecular complexity index is 743. The van der Waals surface area contributed by atoms with Crippen molar-refractivity contribution in [3.8, 4) is 11.5 Å². The molecule has 3 rings (SSSR count). The molecule has 0 saturated carbocycles. The molecule has 0 N–H and O–H groups in total. The van der Waals surface area contributed by atoms with E-state index in [1.165, 1.54) is 0 Å². The maximum absolute atomic E-state index is 11.9. The van der Waals surface area contributed by atoms with Gasteiger partial charge < -0.3 is 13.7 Å². The predicted octanol–water partition coefficient (Wildman–Crippen LogP) is 3.60. The molecule has 1 aromatic carbocycles. The first kappa shape index (κ1) is 13.2. The van der Waals surface area contributed by atoms with E-state index in [0.29, 0.717) is 22.8 Å². The SMILES string of the molecule is Cc1cccc(C(=O)OCc2cc(-c3ccco3)on2)c1. The Labute approximate surface area is 121 Å². The van der Waals surface area contributed by atoms with Gasteiger partial charge in [0.05, 0.1) is 11.8 Å². The fourth-order valence-corrected chi connectivity index (χ4v) is 1.91. The summed E-state index contributed by atoms with van der Waals surface area (Å²) < 4.78 is 15.5. The average molecular weight is 283 g/mol. The van der Waals surface area contributed by atoms with Gasteiger partial charge in [0, 0.05) is 6.07 Å². The van der Waals surface area contributed by atoms with Crippen molar-refractivity contribution in [3.63, 3.8) is 0 Å². The van der Waals surface area contributed by atoms with Crippen LogP contribution in [0.4, 0.5) is 0 Å². The minimum atomic E-state index is -0.388. The summed E-state index contributed by atoms with van der Waals surface area (Å²) in [6, 6.07) is 12.4. The number of carbonyl (C=O) groups is 1. The van der Waals surface area contributed by atoms with Gasteiger partial charge >= 0.3 is 5.97 Å². The summed E-state index contributed by atoms with van der Waals surface area (Å²) in [4.78, 5) is 11.9. The molecule has 5 nitrogen and oxygen atoms in total. The zero-order valence-electron chi connectivity index (χ0n) is 11.4. The van der Waals surface area contributed by atoms with Crippen LogP contribution >= 0.6 is 0 Å². The second-order valence-corrected chi connectivity index (χ2v) is 4.61. The number of ether oxygens (including phenoxy) is 1. The maximum Gasteiger partial charge on any atom is 0.338 e. The highest BCUT2D eigenvalue weighted by atomic mass is 16.5. The lowest BCUT2D eigenvalue weighted by molar-refractivity contribution is 0.0464. The van der Waals surface area contributed by atoms with Crippen molar-refractivity contribution in [3.05, 3.63) is 65.5 Å². The largest absolute Gasteiger partial charge is 0.461 e. The summed E-state index contributed by atoms with van der Waals surface area (Å²) in [5.74, 6) is 0.696. The lowest BCUT2D eigenvalue weighted by atomic mass is 10.1. The third-order valence-corrected chi connectivity index (χ3v) is 2.93. The number of benzene rings is 1. The summed E-state index contributed by atoms with van der Waals surface area (Å²) >= 11 is 0. The Morgan fingerprint density at radius 2 is 2.10 bits per heavy atom. The van der Waals surface area contributed by atoms with Crippen molar-refractivity contribution in [2.45, 2.75) is 13.5 Å². The van der Waals surface area contributed by atoms with Crippen LogP contribution in [0.1, 0.15) is 21.6 Å². The minimum absolute atomic E-state index is 0.0526. The molecular weight excluding hydrogens is 270 g/mol. The number of carbonyl (C=O) groups excluding carboxylic acids is 1. The molecule has 0 fully saturated rings. The van der Waals surface area contributed by atoms with Crippen molar-refractivity contribution in [1.29, 1.82) is 0 Å². The summed E-state index contributed by atoms with van der Waals surface area (Å²) in [5.41, 5.74) is 2.05. The summed E-state index contributed by atoms with van der Waals surface area (Å²) in [7, 11) is 0. The van der Waals surface area contributed by atoms with Gasteiger partial charge in [0.25, 0.3) is 0 Å². The molecule has 0 atom stereocenters. The van der Waals surface area contributed by atoms with E-state index in [2.05, 4.69) is 5.16 Å². The normalized spacial score (nSPS) is 10.5. The van der Waals surface area contributed by atoms with E-state index in [-0.39, 0.29) is 12.6 Å². The molecule has 21 heavy (non-hydrogen) atoms. The van der Waals surface area contributed by atoms with Crippen molar-refractivity contribution >= 4 is 5.97 Å². The van der Waals surface area contributed by atoms with Crippen LogP contribution in [0.25, 0.3) is 11.5 Å². The second kappa shape index (κ2) is 5.66. The zero-order valence-corrected chi connectivity index (χ0v) is 11.4. The fourth-order valence-electron chi connectivity index (χ4n) is 1.91. The number of hydrogen-bond acceptors (Lipinski definition) is 5. The van der Waals surface area contributed by atoms with Crippen LogP contribution in [0.2, 0.25) is 0 Å². The molecule has 106 valence electrons. The van der Waals surface area contributed by atoms with E-state index < -0.39 is 0 Å². The zero-order chi connectivity index (χ0) is 14.7. The summed E-state index contributed by atoms with van der Waals surface area (Å²) in [6.45, 7) is 1.97. The molecule has 0 aliphatic carbocycles. The minimum Gasteiger partial charge on any atom is -0.461 e. The molecule has 0 aliphatic rings. The third kappa shape index (κ3) is 3.02. The fraction of sp³-hybridized carbons (Fsp3) is 0.125. The number of esters is 1. The van der Waals surface area contributed by atoms with E-state index >= 15 is 0 Å². The van der Waals surface area contributed by atoms with Crippen LogP contribution in [0.5, 0.6) is 0 Å². The monoisotopic (exact) mass is 283 g/mol. The number of aromatic nitrogens is 1. The van der Waals surface area contributed by atoms with Crippen LogP contribution in [0.15, 0.2) is 57.7 Å². The molecule has 0 amide bonds. The predicted molar refractivity (Wildman–Crippen MR) is 74.5 cm³/mol. The standard InChI is InChI=1S/C16H13NO4/c1-11-4-2-5-12(8-11)16(18)20-10-13-9-15(21-17-13)14-6-3-7-19-14/h2-9H,10H2,1H3. The molecule has 3 aromatic rings. The molecule has 0 unspecified atom stereocenters. The Morgan fingerprint density at radius 1 is 1.19 bits per heavy atom. The number of hydrogen-bond donors (Lipinski definition) is 0. The number of furan rings is 1. The molecule has 0 saturated heterocycles. The van der Waals surface area contributed by atoms with E-state index in [1.54, 1.807) is 36.6 Å². The topological polar surface area (TPSA) is 65.5 Å². The van der Waals surface area contributed by atoms with Crippen molar-refractivity contribution in [2.24, 2.45) is 0 Å². The van der Waals surface area contributed by atoms with Gasteiger partial charge in [0.15, 0.2) is 5.76 Å². The van der Waals surface area contributed by atoms with Crippen molar-refractivity contribution in [1.82, 2.24) is 5.16 Å². The van der Waals surface area contributed by atoms with Gasteiger partial charge in [-0.1, -0.05) is 22.9 Å². The summed E-state index contributed by atoms with van der Waals surface area (Å²) in [5, 5.41) is 3.84. The van der Waals surface area contributed by atoms with Crippen molar-refractivity contribution in [2.75, 3.05) is 0 Å². The molecule has 2 aromatic heterocycles. The van der Waals surface area contributed by atoms with Gasteiger partial charge in [-0.25, -0.2) is 4.79 Å². The van der Waals surface area contributed by atoms with Gasteiger partial charge in [-0.05, 0) is 31.2 Å². The lowest BCUT2D eigenvalue weighted by Crippen LogP contribution is -2.05. The smallest absolute Gasteiger partial charge is 0.338 e. The van der Waals surface area contributed by atoms with E-state index in [9.17, 15) is 4.79 Å². The van der Waals surface area contributed by atoms with Gasteiger partial charge in [-0.2, -0.15) is 0 Å². The molecule has 2 heterocycles. The second-order valence-electron chi connectivity index (χ2n) is 4.61. The first-order chi connectivity index (χ1) is 10.2. The van der Waals surface area contributed by atoms with E-state index in [4.69, 9.17) is 13.7 Å². The van der Waals surface area contributed by atoms with Crippen LogP contribution in [0.3, 0.4) is 0 Å². The molecule has 0 spiro atoms. The molecule has 0 bridgehead atoms. The van der Waals surface area contributed by atoms with Gasteiger partial charge in [-0.15, -0.1) is 0 Å². The lowest BCUT2D eigenvalue weighted by Gasteiger charge is -2.02. The number of aryl methyl sites for hydroxylation is 1. The Balaban J connectivity index is 1.64. The van der Waals surface area contributed by atoms with Gasteiger partial charge in [-0.3, -0.25) is 0 Å². The van der Waals surface area contributed by atoms with E-state index in [0.717, 1.165) is 5.56 Å². The van der Waals surface area contributed by atoms with Crippen LogP contribution in [-0.4, -0.2) is 11.1 Å². The first-order valence-electron chi connectivity index (χ1n) is 6.45. The van der Waals surface area contributed by atoms with Crippen LogP contribution < -0.4 is 0 Å². The average Bonchev–Trinajstić information content (AvgIpc) is 3.15.